The van der Waals surface area contributed by atoms with Gasteiger partial charge in [-0.25, -0.2) is 9.97 Å². The van der Waals surface area contributed by atoms with Crippen molar-refractivity contribution >= 4 is 106 Å². The number of thiophene rings is 2. The smallest absolute Gasteiger partial charge is 0.236 e. The van der Waals surface area contributed by atoms with Crippen LogP contribution in [0, 0.1) is 0 Å². The predicted molar refractivity (Wildman–Crippen MR) is 203 cm³/mol. The molecule has 3 nitrogen and oxygen atoms in total. The van der Waals surface area contributed by atoms with Crippen molar-refractivity contribution in [1.29, 1.82) is 0 Å². The standard InChI is InChI=1S/C42H23N3S2/c1-2-14-25-24(12-1)13-11-20-28(25)38-37-31-19-7-10-23-34(31)47-41(37)44-42(43-38)45-32-21-8-5-17-29(32)35-26-15-3-4-16-27(26)36-30-18-6-9-22-33(30)46-40(36)39(35)45/h1-23H. The van der Waals surface area contributed by atoms with Crippen LogP contribution in [-0.2, 0) is 0 Å². The molecule has 0 N–H and O–H groups in total. The Hall–Kier alpha value is -5.62. The summed E-state index contributed by atoms with van der Waals surface area (Å²) in [4.78, 5) is 12.0. The van der Waals surface area contributed by atoms with E-state index in [2.05, 4.69) is 144 Å². The van der Waals surface area contributed by atoms with Crippen LogP contribution in [0.1, 0.15) is 0 Å². The summed E-state index contributed by atoms with van der Waals surface area (Å²) in [6.45, 7) is 0. The second-order valence-electron chi connectivity index (χ2n) is 12.1. The fraction of sp³-hybridized carbons (Fsp3) is 0. The number of hydrogen-bond donors (Lipinski definition) is 0. The lowest BCUT2D eigenvalue weighted by molar-refractivity contribution is 1.02. The van der Waals surface area contributed by atoms with Gasteiger partial charge in [0, 0.05) is 47.3 Å². The first-order valence-electron chi connectivity index (χ1n) is 15.8. The van der Waals surface area contributed by atoms with E-state index in [0.717, 1.165) is 27.0 Å². The van der Waals surface area contributed by atoms with Crippen molar-refractivity contribution in [2.75, 3.05) is 0 Å². The third-order valence-corrected chi connectivity index (χ3v) is 11.9. The SMILES string of the molecule is c1ccc2c(-c3nc(-n4c5ccccc5c5c6ccccc6c6c7ccccc7sc6c54)nc4sc5ccccc5c34)cccc2c1. The molecule has 0 unspecified atom stereocenters. The Labute approximate surface area is 276 Å². The fourth-order valence-corrected chi connectivity index (χ4v) is 10.0. The lowest BCUT2D eigenvalue weighted by Crippen LogP contribution is -2.03. The maximum atomic E-state index is 5.59. The van der Waals surface area contributed by atoms with Crippen LogP contribution in [0.3, 0.4) is 0 Å². The van der Waals surface area contributed by atoms with Gasteiger partial charge in [0.25, 0.3) is 0 Å². The van der Waals surface area contributed by atoms with Gasteiger partial charge >= 0.3 is 0 Å². The molecule has 4 aromatic heterocycles. The van der Waals surface area contributed by atoms with E-state index >= 15 is 0 Å². The molecule has 7 aromatic carbocycles. The minimum atomic E-state index is 0.701. The van der Waals surface area contributed by atoms with Gasteiger partial charge in [-0.15, -0.1) is 22.7 Å². The molecule has 0 saturated carbocycles. The summed E-state index contributed by atoms with van der Waals surface area (Å²) in [5.41, 5.74) is 4.38. The van der Waals surface area contributed by atoms with E-state index in [1.54, 1.807) is 11.3 Å². The van der Waals surface area contributed by atoms with E-state index in [1.165, 1.54) is 68.1 Å². The number of nitrogens with zero attached hydrogens (tertiary/aromatic N) is 3. The van der Waals surface area contributed by atoms with Crippen molar-refractivity contribution in [2.24, 2.45) is 0 Å². The average Bonchev–Trinajstić information content (AvgIpc) is 3.81. The zero-order valence-corrected chi connectivity index (χ0v) is 26.6. The third-order valence-electron chi connectivity index (χ3n) is 9.62. The molecular weight excluding hydrogens is 611 g/mol. The Morgan fingerprint density at radius 3 is 1.85 bits per heavy atom. The van der Waals surface area contributed by atoms with E-state index in [-0.39, 0.29) is 0 Å². The summed E-state index contributed by atoms with van der Waals surface area (Å²) in [5.74, 6) is 0.701. The zero-order valence-electron chi connectivity index (χ0n) is 24.9. The molecule has 5 heteroatoms. The second kappa shape index (κ2) is 9.46. The van der Waals surface area contributed by atoms with Gasteiger partial charge in [0.05, 0.1) is 21.4 Å². The highest BCUT2D eigenvalue weighted by atomic mass is 32.1. The van der Waals surface area contributed by atoms with Gasteiger partial charge < -0.3 is 0 Å². The van der Waals surface area contributed by atoms with Crippen LogP contribution < -0.4 is 0 Å². The third kappa shape index (κ3) is 3.45. The Bertz CT molecular complexity index is 3080. The van der Waals surface area contributed by atoms with Crippen LogP contribution >= 0.6 is 22.7 Å². The molecule has 0 bridgehead atoms. The van der Waals surface area contributed by atoms with Crippen molar-refractivity contribution in [3.8, 4) is 17.2 Å². The van der Waals surface area contributed by atoms with Crippen molar-refractivity contribution in [2.45, 2.75) is 0 Å². The molecular formula is C42H23N3S2. The van der Waals surface area contributed by atoms with Gasteiger partial charge in [0.2, 0.25) is 5.95 Å². The molecule has 0 amide bonds. The molecule has 0 aliphatic heterocycles. The normalized spacial score (nSPS) is 12.3. The molecule has 0 radical (unpaired) electrons. The van der Waals surface area contributed by atoms with Gasteiger partial charge in [-0.2, -0.15) is 0 Å². The Balaban J connectivity index is 1.38. The monoisotopic (exact) mass is 633 g/mol. The predicted octanol–water partition coefficient (Wildman–Crippen LogP) is 12.3. The van der Waals surface area contributed by atoms with Gasteiger partial charge in [-0.3, -0.25) is 4.57 Å². The summed E-state index contributed by atoms with van der Waals surface area (Å²) in [7, 11) is 0. The highest BCUT2D eigenvalue weighted by Crippen LogP contribution is 2.48. The maximum Gasteiger partial charge on any atom is 0.236 e. The van der Waals surface area contributed by atoms with Crippen molar-refractivity contribution in [1.82, 2.24) is 14.5 Å². The first-order valence-corrected chi connectivity index (χ1v) is 17.4. The van der Waals surface area contributed by atoms with Gasteiger partial charge in [-0.1, -0.05) is 121 Å². The van der Waals surface area contributed by atoms with E-state index < -0.39 is 0 Å². The quantitative estimate of drug-likeness (QED) is 0.190. The highest BCUT2D eigenvalue weighted by Gasteiger charge is 2.24. The van der Waals surface area contributed by atoms with E-state index in [4.69, 9.17) is 9.97 Å². The Kier molecular flexibility index (Phi) is 5.14. The minimum Gasteiger partial charge on any atom is -0.276 e. The van der Waals surface area contributed by atoms with Crippen LogP contribution in [0.15, 0.2) is 140 Å². The van der Waals surface area contributed by atoms with Crippen molar-refractivity contribution in [3.05, 3.63) is 140 Å². The number of rotatable bonds is 2. The molecule has 47 heavy (non-hydrogen) atoms. The van der Waals surface area contributed by atoms with Gasteiger partial charge in [-0.05, 0) is 39.7 Å². The molecule has 0 aliphatic carbocycles. The minimum absolute atomic E-state index is 0.701. The lowest BCUT2D eigenvalue weighted by Gasteiger charge is -2.13. The molecule has 0 saturated heterocycles. The number of fused-ring (bicyclic) bond motifs is 14. The topological polar surface area (TPSA) is 30.7 Å². The van der Waals surface area contributed by atoms with Crippen LogP contribution in [0.2, 0.25) is 0 Å². The summed E-state index contributed by atoms with van der Waals surface area (Å²) in [6, 6.07) is 50.2. The van der Waals surface area contributed by atoms with Crippen molar-refractivity contribution < 1.29 is 0 Å². The van der Waals surface area contributed by atoms with Crippen LogP contribution in [-0.4, -0.2) is 14.5 Å². The fourth-order valence-electron chi connectivity index (χ4n) is 7.67. The van der Waals surface area contributed by atoms with E-state index in [1.807, 2.05) is 11.3 Å². The molecule has 0 fully saturated rings. The summed E-state index contributed by atoms with van der Waals surface area (Å²) in [6.07, 6.45) is 0. The molecule has 0 atom stereocenters. The maximum absolute atomic E-state index is 5.59. The molecule has 0 aliphatic rings. The molecule has 4 heterocycles. The molecule has 11 rings (SSSR count). The van der Waals surface area contributed by atoms with Crippen molar-refractivity contribution in [3.63, 3.8) is 0 Å². The van der Waals surface area contributed by atoms with Crippen LogP contribution in [0.4, 0.5) is 0 Å². The van der Waals surface area contributed by atoms with Crippen LogP contribution in [0.25, 0.3) is 101 Å². The molecule has 218 valence electrons. The first-order chi connectivity index (χ1) is 23.3. The average molecular weight is 634 g/mol. The van der Waals surface area contributed by atoms with Gasteiger partial charge in [0.1, 0.15) is 4.83 Å². The summed E-state index contributed by atoms with van der Waals surface area (Å²) in [5, 5.41) is 12.3. The number of hydrogen-bond acceptors (Lipinski definition) is 4. The van der Waals surface area contributed by atoms with Gasteiger partial charge in [0.15, 0.2) is 0 Å². The highest BCUT2D eigenvalue weighted by molar-refractivity contribution is 7.27. The zero-order chi connectivity index (χ0) is 30.6. The van der Waals surface area contributed by atoms with E-state index in [0.29, 0.717) is 5.95 Å². The Morgan fingerprint density at radius 2 is 1.04 bits per heavy atom. The lowest BCUT2D eigenvalue weighted by atomic mass is 9.99. The summed E-state index contributed by atoms with van der Waals surface area (Å²) < 4.78 is 6.11. The van der Waals surface area contributed by atoms with Crippen LogP contribution in [0.5, 0.6) is 0 Å². The number of benzene rings is 7. The Morgan fingerprint density at radius 1 is 0.447 bits per heavy atom. The largest absolute Gasteiger partial charge is 0.276 e. The van der Waals surface area contributed by atoms with E-state index in [9.17, 15) is 0 Å². The summed E-state index contributed by atoms with van der Waals surface area (Å²) >= 11 is 3.61. The second-order valence-corrected chi connectivity index (χ2v) is 14.2. The molecule has 11 aromatic rings. The first kappa shape index (κ1) is 25.6. The molecule has 0 spiro atoms. The number of aromatic nitrogens is 3. The number of para-hydroxylation sites is 1.